The number of nitrogens with two attached hydrogens (primary N) is 1. The van der Waals surface area contributed by atoms with E-state index in [0.717, 1.165) is 34.8 Å². The molecule has 0 aliphatic rings. The van der Waals surface area contributed by atoms with Gasteiger partial charge in [0, 0.05) is 16.8 Å². The Bertz CT molecular complexity index is 857. The second-order valence-electron chi connectivity index (χ2n) is 8.04. The van der Waals surface area contributed by atoms with Gasteiger partial charge in [0.15, 0.2) is 5.78 Å². The minimum absolute atomic E-state index is 0.165. The van der Waals surface area contributed by atoms with Crippen molar-refractivity contribution < 1.29 is 23.9 Å². The molecule has 1 heterocycles. The number of hydrogen-bond donors (Lipinski definition) is 3. The number of Topliss-reactive ketones (excluding diaryl/α,β-unsaturated/α-hetero) is 1. The summed E-state index contributed by atoms with van der Waals surface area (Å²) in [5.41, 5.74) is 6.77. The van der Waals surface area contributed by atoms with Gasteiger partial charge in [-0.3, -0.25) is 9.36 Å². The third-order valence-corrected chi connectivity index (χ3v) is 7.12. The molecule has 1 atom stereocenters. The molecule has 1 aromatic carbocycles. The summed E-state index contributed by atoms with van der Waals surface area (Å²) in [6, 6.07) is 11.8. The molecule has 0 spiro atoms. The van der Waals surface area contributed by atoms with Crippen LogP contribution in [0.4, 0.5) is 0 Å². The number of methoxy groups -OCH3 is 1. The second kappa shape index (κ2) is 11.2. The molecule has 0 aliphatic carbocycles. The average Bonchev–Trinajstić information content (AvgIpc) is 3.17. The van der Waals surface area contributed by atoms with Crippen molar-refractivity contribution >= 4 is 24.7 Å². The van der Waals surface area contributed by atoms with Gasteiger partial charge in [-0.1, -0.05) is 12.1 Å². The first-order valence-corrected chi connectivity index (χ1v) is 12.8. The smallest absolute Gasteiger partial charge is 0.325 e. The van der Waals surface area contributed by atoms with Crippen LogP contribution in [0.25, 0.3) is 0 Å². The van der Waals surface area contributed by atoms with Crippen LogP contribution in [-0.4, -0.2) is 34.4 Å². The van der Waals surface area contributed by atoms with Gasteiger partial charge in [0.1, 0.15) is 5.75 Å². The number of ether oxygens (including phenoxy) is 1. The van der Waals surface area contributed by atoms with Gasteiger partial charge in [0.05, 0.1) is 18.1 Å². The highest BCUT2D eigenvalue weighted by molar-refractivity contribution is 7.51. The normalized spacial score (nSPS) is 13.8. The van der Waals surface area contributed by atoms with Crippen molar-refractivity contribution in [2.45, 2.75) is 57.4 Å². The van der Waals surface area contributed by atoms with Gasteiger partial charge in [0.25, 0.3) is 0 Å². The van der Waals surface area contributed by atoms with E-state index in [9.17, 15) is 9.36 Å². The van der Waals surface area contributed by atoms with Crippen molar-refractivity contribution in [1.29, 1.82) is 0 Å². The maximum Gasteiger partial charge on any atom is 0.325 e. The zero-order valence-electron chi connectivity index (χ0n) is 17.7. The molecule has 0 bridgehead atoms. The van der Waals surface area contributed by atoms with Crippen LogP contribution in [-0.2, 0) is 17.4 Å². The van der Waals surface area contributed by atoms with Crippen LogP contribution in [0.3, 0.4) is 0 Å². The molecule has 30 heavy (non-hydrogen) atoms. The summed E-state index contributed by atoms with van der Waals surface area (Å²) in [6.45, 7) is 1.81. The monoisotopic (exact) mass is 453 g/mol. The van der Waals surface area contributed by atoms with Gasteiger partial charge in [0.2, 0.25) is 0 Å². The molecule has 0 fully saturated rings. The average molecular weight is 454 g/mol. The number of thiophene rings is 1. The predicted octanol–water partition coefficient (Wildman–Crippen LogP) is 4.57. The maximum atomic E-state index is 12.4. The summed E-state index contributed by atoms with van der Waals surface area (Å²) in [4.78, 5) is 32.3. The lowest BCUT2D eigenvalue weighted by Crippen LogP contribution is -2.37. The first kappa shape index (κ1) is 24.8. The Morgan fingerprint density at radius 1 is 1.10 bits per heavy atom. The summed E-state index contributed by atoms with van der Waals surface area (Å²) < 4.78 is 16.2. The Hall–Kier alpha value is -1.50. The number of aryl methyl sites for hydroxylation is 2. The Labute approximate surface area is 182 Å². The molecule has 0 radical (unpaired) electrons. The van der Waals surface area contributed by atoms with Crippen molar-refractivity contribution in [3.63, 3.8) is 0 Å². The number of benzene rings is 1. The van der Waals surface area contributed by atoms with Gasteiger partial charge in [-0.15, -0.1) is 11.3 Å². The van der Waals surface area contributed by atoms with E-state index in [0.29, 0.717) is 19.3 Å². The van der Waals surface area contributed by atoms with E-state index in [1.807, 2.05) is 31.2 Å². The lowest BCUT2D eigenvalue weighted by atomic mass is 9.94. The zero-order valence-corrected chi connectivity index (χ0v) is 19.4. The summed E-state index contributed by atoms with van der Waals surface area (Å²) in [6.07, 6.45) is 4.66. The largest absolute Gasteiger partial charge is 0.497 e. The molecule has 166 valence electrons. The molecule has 0 amide bonds. The van der Waals surface area contributed by atoms with E-state index >= 15 is 0 Å². The molecule has 1 unspecified atom stereocenters. The standard InChI is InChI=1S/C22H32NO5PS/c1-22(23,15-16-29(25,26)27)14-13-19-11-12-21(30-19)20(24)6-4-3-5-17-7-9-18(28-2)10-8-17/h7-12H,3-6,13-16,23H2,1-2H3,(H2,25,26,27). The van der Waals surface area contributed by atoms with Crippen molar-refractivity contribution in [1.82, 2.24) is 0 Å². The molecule has 1 aromatic heterocycles. The quantitative estimate of drug-likeness (QED) is 0.233. The minimum Gasteiger partial charge on any atom is -0.497 e. The van der Waals surface area contributed by atoms with E-state index in [2.05, 4.69) is 12.1 Å². The van der Waals surface area contributed by atoms with Crippen LogP contribution in [0, 0.1) is 0 Å². The number of ketones is 1. The molecule has 0 saturated carbocycles. The molecular formula is C22H32NO5PS. The van der Waals surface area contributed by atoms with Crippen LogP contribution in [0.1, 0.15) is 59.1 Å². The zero-order chi connectivity index (χ0) is 22.2. The molecule has 6 nitrogen and oxygen atoms in total. The molecule has 2 rings (SSSR count). The summed E-state index contributed by atoms with van der Waals surface area (Å²) in [5.74, 6) is 1.01. The molecule has 0 aliphatic heterocycles. The third-order valence-electron chi connectivity index (χ3n) is 5.13. The van der Waals surface area contributed by atoms with E-state index < -0.39 is 13.1 Å². The van der Waals surface area contributed by atoms with Gasteiger partial charge < -0.3 is 20.3 Å². The van der Waals surface area contributed by atoms with E-state index in [1.165, 1.54) is 16.9 Å². The van der Waals surface area contributed by atoms with Crippen molar-refractivity contribution in [3.05, 3.63) is 51.7 Å². The fourth-order valence-corrected chi connectivity index (χ4v) is 4.90. The Balaban J connectivity index is 1.72. The van der Waals surface area contributed by atoms with E-state index in [-0.39, 0.29) is 18.4 Å². The van der Waals surface area contributed by atoms with Crippen molar-refractivity contribution in [2.24, 2.45) is 5.73 Å². The minimum atomic E-state index is -4.03. The third kappa shape index (κ3) is 9.11. The lowest BCUT2D eigenvalue weighted by molar-refractivity contribution is 0.0983. The highest BCUT2D eigenvalue weighted by Crippen LogP contribution is 2.37. The first-order valence-electron chi connectivity index (χ1n) is 10.2. The van der Waals surface area contributed by atoms with E-state index in [1.54, 1.807) is 7.11 Å². The highest BCUT2D eigenvalue weighted by atomic mass is 32.1. The maximum absolute atomic E-state index is 12.4. The topological polar surface area (TPSA) is 110 Å². The van der Waals surface area contributed by atoms with Gasteiger partial charge in [-0.25, -0.2) is 0 Å². The van der Waals surface area contributed by atoms with Crippen molar-refractivity contribution in [3.8, 4) is 5.75 Å². The second-order valence-corrected chi connectivity index (χ2v) is 11.0. The molecule has 0 saturated heterocycles. The number of carbonyl (C=O) groups excluding carboxylic acids is 1. The fraction of sp³-hybridized carbons (Fsp3) is 0.500. The molecule has 4 N–H and O–H groups in total. The van der Waals surface area contributed by atoms with Gasteiger partial charge in [-0.05, 0) is 75.3 Å². The predicted molar refractivity (Wildman–Crippen MR) is 122 cm³/mol. The summed E-state index contributed by atoms with van der Waals surface area (Å²) in [5, 5.41) is 0. The molecule has 2 aromatic rings. The molecular weight excluding hydrogens is 421 g/mol. The number of unbranched alkanes of at least 4 members (excludes halogenated alkanes) is 1. The highest BCUT2D eigenvalue weighted by Gasteiger charge is 2.24. The van der Waals surface area contributed by atoms with Crippen LogP contribution in [0.15, 0.2) is 36.4 Å². The SMILES string of the molecule is COc1ccc(CCCCC(=O)c2ccc(CCC(C)(N)CCP(=O)(O)O)s2)cc1. The molecule has 8 heteroatoms. The Kier molecular flexibility index (Phi) is 9.26. The Morgan fingerprint density at radius 3 is 2.43 bits per heavy atom. The van der Waals surface area contributed by atoms with Crippen LogP contribution in [0.2, 0.25) is 0 Å². The van der Waals surface area contributed by atoms with Crippen LogP contribution < -0.4 is 10.5 Å². The van der Waals surface area contributed by atoms with Crippen LogP contribution in [0.5, 0.6) is 5.75 Å². The first-order chi connectivity index (χ1) is 14.1. The van der Waals surface area contributed by atoms with Gasteiger partial charge >= 0.3 is 7.60 Å². The Morgan fingerprint density at radius 2 is 1.80 bits per heavy atom. The summed E-state index contributed by atoms with van der Waals surface area (Å²) in [7, 11) is -2.38. The number of hydrogen-bond acceptors (Lipinski definition) is 5. The fourth-order valence-electron chi connectivity index (χ4n) is 3.13. The van der Waals surface area contributed by atoms with E-state index in [4.69, 9.17) is 20.3 Å². The van der Waals surface area contributed by atoms with Crippen LogP contribution >= 0.6 is 18.9 Å². The number of rotatable bonds is 13. The van der Waals surface area contributed by atoms with Gasteiger partial charge in [-0.2, -0.15) is 0 Å². The van der Waals surface area contributed by atoms with Crippen molar-refractivity contribution in [2.75, 3.05) is 13.3 Å². The number of carbonyl (C=O) groups is 1. The summed E-state index contributed by atoms with van der Waals surface area (Å²) >= 11 is 1.49. The lowest BCUT2D eigenvalue weighted by Gasteiger charge is -2.24.